The Morgan fingerprint density at radius 2 is 1.67 bits per heavy atom. The molecule has 18 heavy (non-hydrogen) atoms. The van der Waals surface area contributed by atoms with Gasteiger partial charge in [-0.3, -0.25) is 14.4 Å². The van der Waals surface area contributed by atoms with E-state index in [2.05, 4.69) is 0 Å². The molecule has 1 saturated heterocycles. The van der Waals surface area contributed by atoms with Gasteiger partial charge in [-0.1, -0.05) is 0 Å². The zero-order valence-electron chi connectivity index (χ0n) is 10.5. The lowest BCUT2D eigenvalue weighted by Gasteiger charge is -2.17. The smallest absolute Gasteiger partial charge is 0.304 e. The third-order valence-electron chi connectivity index (χ3n) is 2.23. The summed E-state index contributed by atoms with van der Waals surface area (Å²) >= 11 is 0. The van der Waals surface area contributed by atoms with E-state index in [0.29, 0.717) is 0 Å². The molecule has 0 saturated carbocycles. The van der Waals surface area contributed by atoms with Gasteiger partial charge in [-0.2, -0.15) is 0 Å². The van der Waals surface area contributed by atoms with Crippen molar-refractivity contribution in [3.63, 3.8) is 0 Å². The Kier molecular flexibility index (Phi) is 5.08. The van der Waals surface area contributed by atoms with E-state index < -0.39 is 36.4 Å². The van der Waals surface area contributed by atoms with E-state index in [1.807, 2.05) is 0 Å². The first-order chi connectivity index (χ1) is 8.38. The lowest BCUT2D eigenvalue weighted by Crippen LogP contribution is -2.31. The lowest BCUT2D eigenvalue weighted by atomic mass is 10.2. The van der Waals surface area contributed by atoms with E-state index in [4.69, 9.17) is 18.9 Å². The highest BCUT2D eigenvalue weighted by atomic mass is 16.7. The first-order valence-corrected chi connectivity index (χ1v) is 5.51. The van der Waals surface area contributed by atoms with Gasteiger partial charge in [0.1, 0.15) is 18.8 Å². The van der Waals surface area contributed by atoms with Crippen LogP contribution in [0, 0.1) is 0 Å². The summed E-state index contributed by atoms with van der Waals surface area (Å²) in [7, 11) is 0. The summed E-state index contributed by atoms with van der Waals surface area (Å²) < 4.78 is 20.0. The SMILES string of the molecule is CC(=O)OC[C@@H]1O[C@H](OC(C)=O)C[C@H]1OC(C)=O. The molecule has 0 bridgehead atoms. The number of ether oxygens (including phenoxy) is 4. The molecule has 7 heteroatoms. The number of esters is 3. The maximum Gasteiger partial charge on any atom is 0.304 e. The molecule has 102 valence electrons. The van der Waals surface area contributed by atoms with Gasteiger partial charge in [-0.15, -0.1) is 0 Å². The average Bonchev–Trinajstić information content (AvgIpc) is 2.55. The van der Waals surface area contributed by atoms with Gasteiger partial charge in [-0.25, -0.2) is 0 Å². The van der Waals surface area contributed by atoms with E-state index in [9.17, 15) is 14.4 Å². The molecule has 0 unspecified atom stereocenters. The molecule has 1 aliphatic rings. The maximum absolute atomic E-state index is 10.9. The van der Waals surface area contributed by atoms with Gasteiger partial charge in [0.2, 0.25) is 6.29 Å². The first-order valence-electron chi connectivity index (χ1n) is 5.51. The maximum atomic E-state index is 10.9. The van der Waals surface area contributed by atoms with Crippen LogP contribution in [0.2, 0.25) is 0 Å². The highest BCUT2D eigenvalue weighted by Gasteiger charge is 2.39. The second-order valence-electron chi connectivity index (χ2n) is 3.90. The summed E-state index contributed by atoms with van der Waals surface area (Å²) in [5.74, 6) is -1.43. The molecule has 0 radical (unpaired) electrons. The molecule has 0 amide bonds. The van der Waals surface area contributed by atoms with Crippen molar-refractivity contribution < 1.29 is 33.3 Å². The lowest BCUT2D eigenvalue weighted by molar-refractivity contribution is -0.179. The number of carbonyl (C=O) groups is 3. The third kappa shape index (κ3) is 4.70. The van der Waals surface area contributed by atoms with Crippen LogP contribution in [-0.2, 0) is 33.3 Å². The van der Waals surface area contributed by atoms with Crippen LogP contribution in [0.15, 0.2) is 0 Å². The van der Waals surface area contributed by atoms with E-state index in [0.717, 1.165) is 0 Å². The summed E-state index contributed by atoms with van der Waals surface area (Å²) in [6.45, 7) is 3.73. The van der Waals surface area contributed by atoms with Gasteiger partial charge in [0.05, 0.1) is 6.42 Å². The standard InChI is InChI=1S/C11H16O7/c1-6(12)15-5-10-9(16-7(2)13)4-11(18-10)17-8(3)14/h9-11H,4-5H2,1-3H3/t9-,10+,11+/m1/s1. The predicted molar refractivity (Wildman–Crippen MR) is 57.2 cm³/mol. The molecule has 1 heterocycles. The summed E-state index contributed by atoms with van der Waals surface area (Å²) in [4.78, 5) is 32.4. The number of rotatable bonds is 4. The largest absolute Gasteiger partial charge is 0.463 e. The van der Waals surface area contributed by atoms with Crippen LogP contribution in [0.5, 0.6) is 0 Å². The van der Waals surface area contributed by atoms with Crippen molar-refractivity contribution >= 4 is 17.9 Å². The van der Waals surface area contributed by atoms with Crippen LogP contribution in [0.25, 0.3) is 0 Å². The summed E-state index contributed by atoms with van der Waals surface area (Å²) in [5.41, 5.74) is 0. The second-order valence-corrected chi connectivity index (χ2v) is 3.90. The summed E-state index contributed by atoms with van der Waals surface area (Å²) in [6.07, 6.45) is -1.77. The molecule has 3 atom stereocenters. The third-order valence-corrected chi connectivity index (χ3v) is 2.23. The predicted octanol–water partition coefficient (Wildman–Crippen LogP) is 0.159. The van der Waals surface area contributed by atoms with E-state index in [1.165, 1.54) is 20.8 Å². The van der Waals surface area contributed by atoms with E-state index in [-0.39, 0.29) is 13.0 Å². The first kappa shape index (κ1) is 14.4. The fourth-order valence-electron chi connectivity index (χ4n) is 1.62. The Morgan fingerprint density at radius 3 is 2.17 bits per heavy atom. The molecule has 7 nitrogen and oxygen atoms in total. The molecular formula is C11H16O7. The van der Waals surface area contributed by atoms with Crippen LogP contribution < -0.4 is 0 Å². The van der Waals surface area contributed by atoms with Crippen molar-refractivity contribution in [3.8, 4) is 0 Å². The molecule has 0 spiro atoms. The Hall–Kier alpha value is -1.63. The molecule has 1 rings (SSSR count). The summed E-state index contributed by atoms with van der Waals surface area (Å²) in [6, 6.07) is 0. The normalized spacial score (nSPS) is 26.5. The molecular weight excluding hydrogens is 244 g/mol. The van der Waals surface area contributed by atoms with Crippen molar-refractivity contribution in [2.45, 2.75) is 45.7 Å². The number of carbonyl (C=O) groups excluding carboxylic acids is 3. The van der Waals surface area contributed by atoms with Crippen molar-refractivity contribution in [1.82, 2.24) is 0 Å². The Bertz CT molecular complexity index is 338. The minimum atomic E-state index is -0.785. The van der Waals surface area contributed by atoms with Gasteiger partial charge in [0, 0.05) is 20.8 Å². The van der Waals surface area contributed by atoms with Crippen molar-refractivity contribution in [1.29, 1.82) is 0 Å². The van der Waals surface area contributed by atoms with Crippen molar-refractivity contribution in [2.75, 3.05) is 6.61 Å². The van der Waals surface area contributed by atoms with Crippen LogP contribution in [-0.4, -0.2) is 43.0 Å². The topological polar surface area (TPSA) is 88.1 Å². The fraction of sp³-hybridized carbons (Fsp3) is 0.727. The van der Waals surface area contributed by atoms with Crippen LogP contribution in [0.1, 0.15) is 27.2 Å². The average molecular weight is 260 g/mol. The quantitative estimate of drug-likeness (QED) is 0.525. The molecule has 1 aliphatic heterocycles. The Balaban J connectivity index is 2.56. The Labute approximate surface area is 104 Å². The minimum absolute atomic E-state index is 0.0506. The zero-order chi connectivity index (χ0) is 13.7. The van der Waals surface area contributed by atoms with E-state index in [1.54, 1.807) is 0 Å². The highest BCUT2D eigenvalue weighted by molar-refractivity contribution is 5.67. The number of hydrogen-bond acceptors (Lipinski definition) is 7. The van der Waals surface area contributed by atoms with Crippen molar-refractivity contribution in [3.05, 3.63) is 0 Å². The van der Waals surface area contributed by atoms with Gasteiger partial charge in [0.15, 0.2) is 0 Å². The molecule has 0 aromatic carbocycles. The second kappa shape index (κ2) is 6.34. The minimum Gasteiger partial charge on any atom is -0.463 e. The molecule has 0 N–H and O–H groups in total. The van der Waals surface area contributed by atoms with E-state index >= 15 is 0 Å². The van der Waals surface area contributed by atoms with Crippen LogP contribution in [0.4, 0.5) is 0 Å². The van der Waals surface area contributed by atoms with Crippen molar-refractivity contribution in [2.24, 2.45) is 0 Å². The number of hydrogen-bond donors (Lipinski definition) is 0. The fourth-order valence-corrected chi connectivity index (χ4v) is 1.62. The highest BCUT2D eigenvalue weighted by Crippen LogP contribution is 2.24. The summed E-state index contributed by atoms with van der Waals surface area (Å²) in [5, 5.41) is 0. The van der Waals surface area contributed by atoms with Gasteiger partial charge >= 0.3 is 17.9 Å². The van der Waals surface area contributed by atoms with Gasteiger partial charge < -0.3 is 18.9 Å². The van der Waals surface area contributed by atoms with Gasteiger partial charge in [0.25, 0.3) is 0 Å². The molecule has 0 aromatic heterocycles. The molecule has 0 aromatic rings. The van der Waals surface area contributed by atoms with Crippen LogP contribution >= 0.6 is 0 Å². The zero-order valence-corrected chi connectivity index (χ0v) is 10.5. The van der Waals surface area contributed by atoms with Gasteiger partial charge in [-0.05, 0) is 0 Å². The molecule has 1 fully saturated rings. The molecule has 0 aliphatic carbocycles. The van der Waals surface area contributed by atoms with Crippen LogP contribution in [0.3, 0.4) is 0 Å². The monoisotopic (exact) mass is 260 g/mol. The Morgan fingerprint density at radius 1 is 1.06 bits per heavy atom.